The van der Waals surface area contributed by atoms with Crippen molar-refractivity contribution in [2.24, 2.45) is 0 Å². The molecule has 1 aromatic rings. The molecule has 0 amide bonds. The van der Waals surface area contributed by atoms with Gasteiger partial charge in [0, 0.05) is 0 Å². The number of aromatic nitrogens is 2. The van der Waals surface area contributed by atoms with Crippen LogP contribution in [0.5, 0.6) is 5.88 Å². The Bertz CT molecular complexity index is 348. The van der Waals surface area contributed by atoms with Crippen LogP contribution < -0.4 is 4.74 Å². The van der Waals surface area contributed by atoms with Crippen LogP contribution in [0.1, 0.15) is 0 Å². The van der Waals surface area contributed by atoms with Crippen molar-refractivity contribution < 1.29 is 18.7 Å². The lowest BCUT2D eigenvalue weighted by Gasteiger charge is -2.03. The lowest BCUT2D eigenvalue weighted by atomic mass is 10.6. The van der Waals surface area contributed by atoms with Gasteiger partial charge in [-0.05, 0) is 11.6 Å². The van der Waals surface area contributed by atoms with Gasteiger partial charge in [0.05, 0.1) is 13.3 Å². The highest BCUT2D eigenvalue weighted by Crippen LogP contribution is 2.14. The number of carbonyl (C=O) groups is 1. The average molecular weight is 221 g/mol. The van der Waals surface area contributed by atoms with Crippen LogP contribution in [0.25, 0.3) is 0 Å². The molecule has 7 heteroatoms. The van der Waals surface area contributed by atoms with E-state index in [1.165, 1.54) is 7.11 Å². The van der Waals surface area contributed by atoms with Gasteiger partial charge in [0.25, 0.3) is 5.88 Å². The van der Waals surface area contributed by atoms with Crippen molar-refractivity contribution in [1.29, 1.82) is 0 Å². The Morgan fingerprint density at radius 2 is 2.43 bits per heavy atom. The number of methoxy groups -OCH3 is 1. The Morgan fingerprint density at radius 3 is 3.07 bits per heavy atom. The minimum atomic E-state index is -0.793. The van der Waals surface area contributed by atoms with Crippen LogP contribution >= 0.6 is 11.6 Å². The van der Waals surface area contributed by atoms with E-state index in [0.717, 1.165) is 6.20 Å². The highest BCUT2D eigenvalue weighted by Gasteiger charge is 2.09. The van der Waals surface area contributed by atoms with Crippen LogP contribution in [0.2, 0.25) is 5.28 Å². The number of carbonyl (C=O) groups excluding carboxylic acids is 1. The van der Waals surface area contributed by atoms with Crippen molar-refractivity contribution in [2.45, 2.75) is 0 Å². The number of esters is 1. The molecular formula is C7H6ClFN2O3. The summed E-state index contributed by atoms with van der Waals surface area (Å²) in [6.45, 7) is -0.430. The molecule has 0 atom stereocenters. The van der Waals surface area contributed by atoms with Gasteiger partial charge in [-0.15, -0.1) is 0 Å². The summed E-state index contributed by atoms with van der Waals surface area (Å²) in [5.41, 5.74) is 0. The Kier molecular flexibility index (Phi) is 3.58. The van der Waals surface area contributed by atoms with Crippen LogP contribution in [0.15, 0.2) is 6.20 Å². The van der Waals surface area contributed by atoms with E-state index in [0.29, 0.717) is 0 Å². The van der Waals surface area contributed by atoms with Crippen LogP contribution in [0.4, 0.5) is 4.39 Å². The molecule has 1 aromatic heterocycles. The van der Waals surface area contributed by atoms with Gasteiger partial charge in [0.15, 0.2) is 6.61 Å². The summed E-state index contributed by atoms with van der Waals surface area (Å²) >= 11 is 5.38. The van der Waals surface area contributed by atoms with E-state index in [4.69, 9.17) is 11.6 Å². The summed E-state index contributed by atoms with van der Waals surface area (Å²) < 4.78 is 21.8. The summed E-state index contributed by atoms with van der Waals surface area (Å²) in [5, 5.41) is -0.161. The lowest BCUT2D eigenvalue weighted by molar-refractivity contribution is -0.143. The largest absolute Gasteiger partial charge is 0.466 e. The number of hydrogen-bond donors (Lipinski definition) is 0. The van der Waals surface area contributed by atoms with E-state index in [-0.39, 0.29) is 11.2 Å². The van der Waals surface area contributed by atoms with Crippen molar-refractivity contribution in [3.63, 3.8) is 0 Å². The quantitative estimate of drug-likeness (QED) is 0.558. The molecule has 0 unspecified atom stereocenters. The van der Waals surface area contributed by atoms with E-state index in [1.807, 2.05) is 0 Å². The average Bonchev–Trinajstić information content (AvgIpc) is 2.19. The molecule has 0 aliphatic carbocycles. The molecule has 0 radical (unpaired) electrons. The fourth-order valence-electron chi connectivity index (χ4n) is 0.619. The standard InChI is InChI=1S/C7H6ClFN2O3/c1-13-5(12)3-14-6-4(9)2-10-7(8)11-6/h2H,3H2,1H3. The molecule has 0 saturated heterocycles. The fourth-order valence-corrected chi connectivity index (χ4v) is 0.744. The van der Waals surface area contributed by atoms with Crippen LogP contribution in [0.3, 0.4) is 0 Å². The van der Waals surface area contributed by atoms with Gasteiger partial charge < -0.3 is 9.47 Å². The Labute approximate surface area is 83.8 Å². The van der Waals surface area contributed by atoms with E-state index in [9.17, 15) is 9.18 Å². The summed E-state index contributed by atoms with van der Waals surface area (Å²) in [4.78, 5) is 17.4. The molecular weight excluding hydrogens is 215 g/mol. The minimum absolute atomic E-state index is 0.161. The molecule has 0 aromatic carbocycles. The SMILES string of the molecule is COC(=O)COc1nc(Cl)ncc1F. The molecule has 0 N–H and O–H groups in total. The summed E-state index contributed by atoms with van der Waals surface area (Å²) in [6.07, 6.45) is 0.849. The molecule has 0 aliphatic heterocycles. The third-order valence-corrected chi connectivity index (χ3v) is 1.42. The Balaban J connectivity index is 2.66. The third kappa shape index (κ3) is 2.81. The summed E-state index contributed by atoms with van der Waals surface area (Å²) in [6, 6.07) is 0. The molecule has 76 valence electrons. The van der Waals surface area contributed by atoms with Gasteiger partial charge in [-0.1, -0.05) is 0 Å². The Morgan fingerprint density at radius 1 is 1.71 bits per heavy atom. The minimum Gasteiger partial charge on any atom is -0.466 e. The van der Waals surface area contributed by atoms with Gasteiger partial charge in [-0.2, -0.15) is 9.37 Å². The van der Waals surface area contributed by atoms with Gasteiger partial charge in [-0.3, -0.25) is 0 Å². The number of hydrogen-bond acceptors (Lipinski definition) is 5. The zero-order chi connectivity index (χ0) is 10.6. The summed E-state index contributed by atoms with van der Waals surface area (Å²) in [7, 11) is 1.19. The monoisotopic (exact) mass is 220 g/mol. The van der Waals surface area contributed by atoms with Crippen molar-refractivity contribution >= 4 is 17.6 Å². The molecule has 0 fully saturated rings. The zero-order valence-electron chi connectivity index (χ0n) is 7.16. The second-order valence-electron chi connectivity index (χ2n) is 2.16. The van der Waals surface area contributed by atoms with Gasteiger partial charge >= 0.3 is 5.97 Å². The van der Waals surface area contributed by atoms with Crippen molar-refractivity contribution in [3.05, 3.63) is 17.3 Å². The zero-order valence-corrected chi connectivity index (χ0v) is 7.92. The van der Waals surface area contributed by atoms with Crippen LogP contribution in [-0.4, -0.2) is 29.7 Å². The maximum absolute atomic E-state index is 12.9. The number of rotatable bonds is 3. The molecule has 0 spiro atoms. The van der Waals surface area contributed by atoms with Gasteiger partial charge in [0.1, 0.15) is 0 Å². The maximum Gasteiger partial charge on any atom is 0.343 e. The maximum atomic E-state index is 12.9. The second kappa shape index (κ2) is 4.71. The van der Waals surface area contributed by atoms with Gasteiger partial charge in [-0.25, -0.2) is 9.78 Å². The second-order valence-corrected chi connectivity index (χ2v) is 2.49. The topological polar surface area (TPSA) is 61.3 Å². The first-order valence-corrected chi connectivity index (χ1v) is 3.89. The van der Waals surface area contributed by atoms with Crippen molar-refractivity contribution in [3.8, 4) is 5.88 Å². The number of nitrogens with zero attached hydrogens (tertiary/aromatic N) is 2. The predicted octanol–water partition coefficient (Wildman–Crippen LogP) is 0.821. The molecule has 5 nitrogen and oxygen atoms in total. The normalized spacial score (nSPS) is 9.64. The lowest BCUT2D eigenvalue weighted by Crippen LogP contribution is -2.14. The van der Waals surface area contributed by atoms with Gasteiger partial charge in [0.2, 0.25) is 11.1 Å². The number of ether oxygens (including phenoxy) is 2. The summed E-state index contributed by atoms with van der Waals surface area (Å²) in [5.74, 6) is -1.81. The number of halogens is 2. The molecule has 0 bridgehead atoms. The highest BCUT2D eigenvalue weighted by molar-refractivity contribution is 6.28. The predicted molar refractivity (Wildman–Crippen MR) is 44.5 cm³/mol. The molecule has 0 aliphatic rings. The van der Waals surface area contributed by atoms with E-state index >= 15 is 0 Å². The van der Waals surface area contributed by atoms with E-state index < -0.39 is 18.4 Å². The van der Waals surface area contributed by atoms with Crippen molar-refractivity contribution in [1.82, 2.24) is 9.97 Å². The molecule has 14 heavy (non-hydrogen) atoms. The first-order chi connectivity index (χ1) is 6.63. The molecule has 0 saturated carbocycles. The van der Waals surface area contributed by atoms with E-state index in [2.05, 4.69) is 19.4 Å². The third-order valence-electron chi connectivity index (χ3n) is 1.24. The van der Waals surface area contributed by atoms with Crippen LogP contribution in [0, 0.1) is 5.82 Å². The van der Waals surface area contributed by atoms with E-state index in [1.54, 1.807) is 0 Å². The van der Waals surface area contributed by atoms with Crippen LogP contribution in [-0.2, 0) is 9.53 Å². The Hall–Kier alpha value is -1.43. The molecule has 1 rings (SSSR count). The highest BCUT2D eigenvalue weighted by atomic mass is 35.5. The van der Waals surface area contributed by atoms with Crippen molar-refractivity contribution in [2.75, 3.05) is 13.7 Å². The first-order valence-electron chi connectivity index (χ1n) is 3.51. The molecule has 1 heterocycles. The fraction of sp³-hybridized carbons (Fsp3) is 0.286. The smallest absolute Gasteiger partial charge is 0.343 e. The first kappa shape index (κ1) is 10.6.